The highest BCUT2D eigenvalue weighted by Gasteiger charge is 2.12. The molecule has 0 spiro atoms. The maximum absolute atomic E-state index is 12.0. The first-order valence-corrected chi connectivity index (χ1v) is 7.23. The summed E-state index contributed by atoms with van der Waals surface area (Å²) in [7, 11) is 3.08. The summed E-state index contributed by atoms with van der Waals surface area (Å²) < 4.78 is 10.1. The van der Waals surface area contributed by atoms with Crippen LogP contribution in [0, 0.1) is 0 Å². The van der Waals surface area contributed by atoms with Crippen molar-refractivity contribution in [1.29, 1.82) is 0 Å². The van der Waals surface area contributed by atoms with Crippen LogP contribution >= 0.6 is 11.6 Å². The number of nitrogens with one attached hydrogen (secondary N) is 1. The average molecular weight is 329 g/mol. The minimum absolute atomic E-state index is 0.0924. The number of ether oxygens (including phenoxy) is 2. The van der Waals surface area contributed by atoms with E-state index in [9.17, 15) is 9.59 Å². The molecule has 22 heavy (non-hydrogen) atoms. The van der Waals surface area contributed by atoms with Crippen molar-refractivity contribution in [3.05, 3.63) is 23.2 Å². The van der Waals surface area contributed by atoms with Crippen molar-refractivity contribution in [2.75, 3.05) is 39.2 Å². The van der Waals surface area contributed by atoms with E-state index in [1.807, 2.05) is 0 Å². The predicted octanol–water partition coefficient (Wildman–Crippen LogP) is 2.17. The molecule has 0 aliphatic carbocycles. The lowest BCUT2D eigenvalue weighted by molar-refractivity contribution is -0.130. The van der Waals surface area contributed by atoms with Crippen molar-refractivity contribution >= 4 is 29.1 Å². The Labute approximate surface area is 135 Å². The highest BCUT2D eigenvalue weighted by atomic mass is 35.5. The Bertz CT molecular complexity index is 522. The van der Waals surface area contributed by atoms with Crippen LogP contribution in [0.5, 0.6) is 5.75 Å². The fourth-order valence-corrected chi connectivity index (χ4v) is 2.03. The topological polar surface area (TPSA) is 67.9 Å². The number of carbonyl (C=O) groups is 2. The molecule has 0 bridgehead atoms. The smallest absolute Gasteiger partial charge is 0.226 e. The van der Waals surface area contributed by atoms with E-state index in [1.54, 1.807) is 30.2 Å². The molecule has 0 heterocycles. The Hall–Kier alpha value is -1.79. The maximum atomic E-state index is 12.0. The number of carbonyl (C=O) groups excluding carboxylic acids is 2. The molecule has 1 aromatic carbocycles. The number of hydrogen-bond acceptors (Lipinski definition) is 4. The van der Waals surface area contributed by atoms with Gasteiger partial charge in [0.05, 0.1) is 19.4 Å². The second kappa shape index (κ2) is 9.27. The van der Waals surface area contributed by atoms with Gasteiger partial charge in [-0.2, -0.15) is 0 Å². The van der Waals surface area contributed by atoms with E-state index in [1.165, 1.54) is 14.0 Å². The number of rotatable bonds is 8. The number of benzene rings is 1. The first-order valence-electron chi connectivity index (χ1n) is 6.85. The average Bonchev–Trinajstić information content (AvgIpc) is 2.47. The molecule has 2 amide bonds. The normalized spacial score (nSPS) is 10.2. The van der Waals surface area contributed by atoms with Gasteiger partial charge in [0.25, 0.3) is 0 Å². The van der Waals surface area contributed by atoms with Crippen LogP contribution in [0.1, 0.15) is 13.3 Å². The van der Waals surface area contributed by atoms with Crippen LogP contribution in [0.25, 0.3) is 0 Å². The molecule has 0 saturated heterocycles. The largest absolute Gasteiger partial charge is 0.495 e. The van der Waals surface area contributed by atoms with E-state index >= 15 is 0 Å². The molecule has 0 aliphatic rings. The third-order valence-electron chi connectivity index (χ3n) is 3.06. The van der Waals surface area contributed by atoms with Crippen molar-refractivity contribution in [3.8, 4) is 5.75 Å². The number of hydrogen-bond donors (Lipinski definition) is 1. The maximum Gasteiger partial charge on any atom is 0.226 e. The summed E-state index contributed by atoms with van der Waals surface area (Å²) >= 11 is 5.91. The number of nitrogens with zero attached hydrogens (tertiary/aromatic N) is 1. The molecule has 0 fully saturated rings. The molecule has 1 N–H and O–H groups in total. The Morgan fingerprint density at radius 1 is 1.27 bits per heavy atom. The summed E-state index contributed by atoms with van der Waals surface area (Å²) in [5.74, 6) is 0.218. The fourth-order valence-electron chi connectivity index (χ4n) is 1.86. The number of halogens is 1. The lowest BCUT2D eigenvalue weighted by atomic mass is 10.2. The second-order valence-electron chi connectivity index (χ2n) is 4.64. The monoisotopic (exact) mass is 328 g/mol. The molecule has 7 heteroatoms. The summed E-state index contributed by atoms with van der Waals surface area (Å²) in [6.07, 6.45) is 0.180. The molecule has 0 saturated carbocycles. The van der Waals surface area contributed by atoms with Gasteiger partial charge in [-0.05, 0) is 18.2 Å². The minimum atomic E-state index is -0.218. The third-order valence-corrected chi connectivity index (χ3v) is 3.29. The first kappa shape index (κ1) is 18.3. The van der Waals surface area contributed by atoms with Crippen LogP contribution in [0.2, 0.25) is 5.02 Å². The van der Waals surface area contributed by atoms with E-state index in [0.29, 0.717) is 36.2 Å². The Balaban J connectivity index is 2.58. The van der Waals surface area contributed by atoms with Gasteiger partial charge in [0.2, 0.25) is 11.8 Å². The van der Waals surface area contributed by atoms with E-state index in [4.69, 9.17) is 21.1 Å². The van der Waals surface area contributed by atoms with E-state index in [0.717, 1.165) is 0 Å². The second-order valence-corrected chi connectivity index (χ2v) is 5.08. The molecular weight excluding hydrogens is 308 g/mol. The van der Waals surface area contributed by atoms with E-state index < -0.39 is 0 Å². The molecule has 6 nitrogen and oxygen atoms in total. The van der Waals surface area contributed by atoms with Gasteiger partial charge < -0.3 is 19.7 Å². The van der Waals surface area contributed by atoms with Gasteiger partial charge in [-0.25, -0.2) is 0 Å². The number of anilines is 1. The zero-order chi connectivity index (χ0) is 16.5. The quantitative estimate of drug-likeness (QED) is 0.794. The fraction of sp³-hybridized carbons (Fsp3) is 0.467. The summed E-state index contributed by atoms with van der Waals surface area (Å²) in [5, 5.41) is 3.24. The summed E-state index contributed by atoms with van der Waals surface area (Å²) in [6, 6.07) is 4.97. The summed E-state index contributed by atoms with van der Waals surface area (Å²) in [6.45, 7) is 2.68. The Kier molecular flexibility index (Phi) is 7.70. The van der Waals surface area contributed by atoms with Crippen LogP contribution in [0.3, 0.4) is 0 Å². The van der Waals surface area contributed by atoms with Gasteiger partial charge in [-0.1, -0.05) is 11.6 Å². The highest BCUT2D eigenvalue weighted by molar-refractivity contribution is 6.31. The van der Waals surface area contributed by atoms with Crippen molar-refractivity contribution in [2.24, 2.45) is 0 Å². The highest BCUT2D eigenvalue weighted by Crippen LogP contribution is 2.27. The summed E-state index contributed by atoms with van der Waals surface area (Å²) in [4.78, 5) is 25.0. The molecule has 0 aliphatic heterocycles. The van der Waals surface area contributed by atoms with Gasteiger partial charge in [0.1, 0.15) is 5.75 Å². The first-order chi connectivity index (χ1) is 10.5. The van der Waals surface area contributed by atoms with Crippen LogP contribution in [-0.4, -0.2) is 50.6 Å². The minimum Gasteiger partial charge on any atom is -0.495 e. The molecule has 0 unspecified atom stereocenters. The van der Waals surface area contributed by atoms with Crippen LogP contribution in [0.15, 0.2) is 18.2 Å². The van der Waals surface area contributed by atoms with Gasteiger partial charge in [-0.15, -0.1) is 0 Å². The molecule has 0 atom stereocenters. The summed E-state index contributed by atoms with van der Waals surface area (Å²) in [5.41, 5.74) is 0.506. The molecule has 1 rings (SSSR count). The standard InChI is InChI=1S/C15H21ClN2O4/c1-11(19)18(8-9-21-2)7-6-15(20)17-13-10-12(16)4-5-14(13)22-3/h4-5,10H,6-9H2,1-3H3,(H,17,20). The molecular formula is C15H21ClN2O4. The van der Waals surface area contributed by atoms with Gasteiger partial charge in [0, 0.05) is 38.6 Å². The van der Waals surface area contributed by atoms with Crippen molar-refractivity contribution < 1.29 is 19.1 Å². The molecule has 0 radical (unpaired) electrons. The molecule has 1 aromatic rings. The van der Waals surface area contributed by atoms with E-state index in [-0.39, 0.29) is 18.2 Å². The van der Waals surface area contributed by atoms with Crippen LogP contribution < -0.4 is 10.1 Å². The van der Waals surface area contributed by atoms with Gasteiger partial charge in [0.15, 0.2) is 0 Å². The lowest BCUT2D eigenvalue weighted by Crippen LogP contribution is -2.34. The predicted molar refractivity (Wildman–Crippen MR) is 85.4 cm³/mol. The third kappa shape index (κ3) is 5.91. The zero-order valence-electron chi connectivity index (χ0n) is 13.0. The van der Waals surface area contributed by atoms with Crippen molar-refractivity contribution in [1.82, 2.24) is 4.90 Å². The van der Waals surface area contributed by atoms with Crippen LogP contribution in [0.4, 0.5) is 5.69 Å². The van der Waals surface area contributed by atoms with Gasteiger partial charge >= 0.3 is 0 Å². The van der Waals surface area contributed by atoms with Crippen molar-refractivity contribution in [3.63, 3.8) is 0 Å². The number of amides is 2. The molecule has 122 valence electrons. The number of methoxy groups -OCH3 is 2. The zero-order valence-corrected chi connectivity index (χ0v) is 13.8. The Morgan fingerprint density at radius 2 is 2.00 bits per heavy atom. The molecule has 0 aromatic heterocycles. The Morgan fingerprint density at radius 3 is 2.59 bits per heavy atom. The van der Waals surface area contributed by atoms with Gasteiger partial charge in [-0.3, -0.25) is 9.59 Å². The SMILES string of the molecule is COCCN(CCC(=O)Nc1cc(Cl)ccc1OC)C(C)=O. The van der Waals surface area contributed by atoms with Crippen molar-refractivity contribution in [2.45, 2.75) is 13.3 Å². The lowest BCUT2D eigenvalue weighted by Gasteiger charge is -2.20. The van der Waals surface area contributed by atoms with Crippen LogP contribution in [-0.2, 0) is 14.3 Å². The van der Waals surface area contributed by atoms with E-state index in [2.05, 4.69) is 5.32 Å².